The number of hydrogen-bond donors (Lipinski definition) is 1. The van der Waals surface area contributed by atoms with Gasteiger partial charge in [0, 0.05) is 24.3 Å². The second-order valence-electron chi connectivity index (χ2n) is 3.21. The first-order valence-electron chi connectivity index (χ1n) is 4.91. The maximum absolute atomic E-state index is 6.04. The Labute approximate surface area is 100 Å². The number of unbranched alkanes of at least 4 members (excludes halogenated alkanes) is 1. The summed E-state index contributed by atoms with van der Waals surface area (Å²) < 4.78 is 4.98. The Morgan fingerprint density at radius 1 is 1.40 bits per heavy atom. The first kappa shape index (κ1) is 12.7. The van der Waals surface area contributed by atoms with Gasteiger partial charge in [-0.25, -0.2) is 0 Å². The van der Waals surface area contributed by atoms with Gasteiger partial charge in [0.2, 0.25) is 0 Å². The molecule has 15 heavy (non-hydrogen) atoms. The Bertz CT molecular complexity index is 286. The van der Waals surface area contributed by atoms with Crippen LogP contribution in [0.5, 0.6) is 0 Å². The molecule has 0 atom stereocenters. The third-order valence-corrected chi connectivity index (χ3v) is 3.65. The van der Waals surface area contributed by atoms with Gasteiger partial charge in [-0.15, -0.1) is 11.8 Å². The third-order valence-electron chi connectivity index (χ3n) is 1.99. The van der Waals surface area contributed by atoms with Crippen molar-refractivity contribution in [3.8, 4) is 0 Å². The average Bonchev–Trinajstić information content (AvgIpc) is 2.21. The van der Waals surface area contributed by atoms with Gasteiger partial charge in [-0.2, -0.15) is 0 Å². The standard InChI is InChI=1S/C11H16ClNOS/c1-14-7-2-3-8-15-11-9(12)5-4-6-10(11)13/h4-6H,2-3,7-8,13H2,1H3. The highest BCUT2D eigenvalue weighted by Crippen LogP contribution is 2.32. The van der Waals surface area contributed by atoms with E-state index in [-0.39, 0.29) is 0 Å². The van der Waals surface area contributed by atoms with Crippen molar-refractivity contribution in [2.75, 3.05) is 25.2 Å². The maximum atomic E-state index is 6.04. The summed E-state index contributed by atoms with van der Waals surface area (Å²) in [6.07, 6.45) is 2.19. The summed E-state index contributed by atoms with van der Waals surface area (Å²) in [7, 11) is 1.72. The Morgan fingerprint density at radius 3 is 2.87 bits per heavy atom. The monoisotopic (exact) mass is 245 g/mol. The van der Waals surface area contributed by atoms with Crippen LogP contribution in [0.3, 0.4) is 0 Å². The van der Waals surface area contributed by atoms with E-state index >= 15 is 0 Å². The van der Waals surface area contributed by atoms with E-state index in [0.29, 0.717) is 0 Å². The lowest BCUT2D eigenvalue weighted by atomic mass is 10.3. The Hall–Kier alpha value is -0.380. The van der Waals surface area contributed by atoms with Crippen LogP contribution in [-0.2, 0) is 4.74 Å². The molecule has 0 heterocycles. The molecule has 0 bridgehead atoms. The molecule has 1 rings (SSSR count). The zero-order chi connectivity index (χ0) is 11.1. The average molecular weight is 246 g/mol. The minimum Gasteiger partial charge on any atom is -0.398 e. The fourth-order valence-electron chi connectivity index (χ4n) is 1.20. The van der Waals surface area contributed by atoms with E-state index in [1.807, 2.05) is 18.2 Å². The van der Waals surface area contributed by atoms with E-state index in [4.69, 9.17) is 22.1 Å². The molecule has 0 unspecified atom stereocenters. The van der Waals surface area contributed by atoms with Crippen LogP contribution in [-0.4, -0.2) is 19.5 Å². The largest absolute Gasteiger partial charge is 0.398 e. The molecule has 1 aromatic carbocycles. The number of halogens is 1. The molecule has 0 spiro atoms. The van der Waals surface area contributed by atoms with E-state index < -0.39 is 0 Å². The molecule has 4 heteroatoms. The van der Waals surface area contributed by atoms with Gasteiger partial charge < -0.3 is 10.5 Å². The quantitative estimate of drug-likeness (QED) is 0.474. The van der Waals surface area contributed by atoms with Gasteiger partial charge >= 0.3 is 0 Å². The molecule has 0 saturated carbocycles. The molecular formula is C11H16ClNOS. The minimum atomic E-state index is 0.742. The lowest BCUT2D eigenvalue weighted by Crippen LogP contribution is -1.92. The van der Waals surface area contributed by atoms with E-state index in [1.54, 1.807) is 18.9 Å². The van der Waals surface area contributed by atoms with Crippen LogP contribution in [0.2, 0.25) is 5.02 Å². The van der Waals surface area contributed by atoms with E-state index in [2.05, 4.69) is 0 Å². The van der Waals surface area contributed by atoms with E-state index in [9.17, 15) is 0 Å². The Kier molecular flexibility index (Phi) is 5.91. The van der Waals surface area contributed by atoms with Gasteiger partial charge in [0.1, 0.15) is 0 Å². The molecule has 0 aromatic heterocycles. The zero-order valence-electron chi connectivity index (χ0n) is 8.83. The summed E-state index contributed by atoms with van der Waals surface area (Å²) in [6, 6.07) is 5.62. The van der Waals surface area contributed by atoms with Gasteiger partial charge in [0.25, 0.3) is 0 Å². The van der Waals surface area contributed by atoms with Gasteiger partial charge in [-0.3, -0.25) is 0 Å². The predicted octanol–water partition coefficient (Wildman–Crippen LogP) is 3.44. The molecular weight excluding hydrogens is 230 g/mol. The molecule has 84 valence electrons. The maximum Gasteiger partial charge on any atom is 0.0562 e. The molecule has 0 amide bonds. The van der Waals surface area contributed by atoms with Crippen molar-refractivity contribution < 1.29 is 4.74 Å². The number of ether oxygens (including phenoxy) is 1. The van der Waals surface area contributed by atoms with E-state index in [0.717, 1.165) is 40.8 Å². The van der Waals surface area contributed by atoms with Crippen LogP contribution < -0.4 is 5.73 Å². The predicted molar refractivity (Wildman–Crippen MR) is 67.7 cm³/mol. The molecule has 2 nitrogen and oxygen atoms in total. The van der Waals surface area contributed by atoms with Crippen LogP contribution in [0.1, 0.15) is 12.8 Å². The molecule has 0 fully saturated rings. The fraction of sp³-hybridized carbons (Fsp3) is 0.455. The van der Waals surface area contributed by atoms with Crippen molar-refractivity contribution in [1.29, 1.82) is 0 Å². The zero-order valence-corrected chi connectivity index (χ0v) is 10.4. The summed E-state index contributed by atoms with van der Waals surface area (Å²) in [5.74, 6) is 1.03. The van der Waals surface area contributed by atoms with Gasteiger partial charge in [-0.1, -0.05) is 17.7 Å². The number of nitrogen functional groups attached to an aromatic ring is 1. The minimum absolute atomic E-state index is 0.742. The molecule has 0 aliphatic carbocycles. The number of benzene rings is 1. The SMILES string of the molecule is COCCCCSc1c(N)cccc1Cl. The summed E-state index contributed by atoms with van der Waals surface area (Å²) in [5, 5.41) is 0.742. The van der Waals surface area contributed by atoms with Gasteiger partial charge in [0.05, 0.1) is 5.02 Å². The van der Waals surface area contributed by atoms with Crippen LogP contribution >= 0.6 is 23.4 Å². The lowest BCUT2D eigenvalue weighted by molar-refractivity contribution is 0.194. The summed E-state index contributed by atoms with van der Waals surface area (Å²) in [4.78, 5) is 0.997. The first-order valence-corrected chi connectivity index (χ1v) is 6.27. The highest BCUT2D eigenvalue weighted by Gasteiger charge is 2.04. The number of rotatable bonds is 6. The van der Waals surface area contributed by atoms with Crippen molar-refractivity contribution in [1.82, 2.24) is 0 Å². The Balaban J connectivity index is 2.37. The summed E-state index contributed by atoms with van der Waals surface area (Å²) in [6.45, 7) is 0.818. The molecule has 2 N–H and O–H groups in total. The highest BCUT2D eigenvalue weighted by molar-refractivity contribution is 7.99. The second-order valence-corrected chi connectivity index (χ2v) is 4.72. The van der Waals surface area contributed by atoms with Crippen molar-refractivity contribution in [2.24, 2.45) is 0 Å². The number of thioether (sulfide) groups is 1. The van der Waals surface area contributed by atoms with Gasteiger partial charge in [0.15, 0.2) is 0 Å². The van der Waals surface area contributed by atoms with Crippen molar-refractivity contribution in [3.63, 3.8) is 0 Å². The topological polar surface area (TPSA) is 35.2 Å². The van der Waals surface area contributed by atoms with Crippen LogP contribution in [0, 0.1) is 0 Å². The van der Waals surface area contributed by atoms with E-state index in [1.165, 1.54) is 0 Å². The lowest BCUT2D eigenvalue weighted by Gasteiger charge is -2.06. The van der Waals surface area contributed by atoms with Gasteiger partial charge in [-0.05, 0) is 30.7 Å². The number of methoxy groups -OCH3 is 1. The second kappa shape index (κ2) is 6.99. The van der Waals surface area contributed by atoms with Crippen molar-refractivity contribution >= 4 is 29.1 Å². The van der Waals surface area contributed by atoms with Crippen LogP contribution in [0.15, 0.2) is 23.1 Å². The Morgan fingerprint density at radius 2 is 2.20 bits per heavy atom. The molecule has 0 aliphatic heterocycles. The number of hydrogen-bond acceptors (Lipinski definition) is 3. The normalized spacial score (nSPS) is 10.5. The fourth-order valence-corrected chi connectivity index (χ4v) is 2.54. The van der Waals surface area contributed by atoms with Crippen LogP contribution in [0.4, 0.5) is 5.69 Å². The van der Waals surface area contributed by atoms with Crippen molar-refractivity contribution in [2.45, 2.75) is 17.7 Å². The number of nitrogens with two attached hydrogens (primary N) is 1. The third kappa shape index (κ3) is 4.33. The smallest absolute Gasteiger partial charge is 0.0562 e. The first-order chi connectivity index (χ1) is 7.25. The molecule has 0 radical (unpaired) electrons. The van der Waals surface area contributed by atoms with Crippen molar-refractivity contribution in [3.05, 3.63) is 23.2 Å². The highest BCUT2D eigenvalue weighted by atomic mass is 35.5. The summed E-state index contributed by atoms with van der Waals surface area (Å²) >= 11 is 7.76. The summed E-state index contributed by atoms with van der Waals surface area (Å²) in [5.41, 5.74) is 6.60. The number of anilines is 1. The molecule has 0 aliphatic rings. The molecule has 1 aromatic rings. The molecule has 0 saturated heterocycles. The van der Waals surface area contributed by atoms with Crippen LogP contribution in [0.25, 0.3) is 0 Å².